The lowest BCUT2D eigenvalue weighted by Crippen LogP contribution is -2.44. The van der Waals surface area contributed by atoms with Gasteiger partial charge in [-0.3, -0.25) is 15.0 Å². The molecule has 1 aromatic carbocycles. The molecule has 0 bridgehead atoms. The van der Waals surface area contributed by atoms with Gasteiger partial charge in [-0.05, 0) is 26.0 Å². The highest BCUT2D eigenvalue weighted by molar-refractivity contribution is 7.99. The number of carbonyl (C=O) groups is 2. The van der Waals surface area contributed by atoms with Gasteiger partial charge in [0.15, 0.2) is 9.93 Å². The van der Waals surface area contributed by atoms with Crippen molar-refractivity contribution in [2.24, 2.45) is 0 Å². The van der Waals surface area contributed by atoms with Gasteiger partial charge >= 0.3 is 6.09 Å². The summed E-state index contributed by atoms with van der Waals surface area (Å²) in [4.78, 5) is 34.1. The van der Waals surface area contributed by atoms with Crippen molar-refractivity contribution in [3.05, 3.63) is 46.8 Å². The molecule has 1 fully saturated rings. The zero-order chi connectivity index (χ0) is 25.3. The third kappa shape index (κ3) is 4.35. The van der Waals surface area contributed by atoms with Crippen molar-refractivity contribution in [1.82, 2.24) is 14.9 Å². The van der Waals surface area contributed by atoms with Gasteiger partial charge in [-0.25, -0.2) is 23.2 Å². The lowest BCUT2D eigenvalue weighted by Gasteiger charge is -2.20. The summed E-state index contributed by atoms with van der Waals surface area (Å²) in [6, 6.07) is 8.03. The van der Waals surface area contributed by atoms with Gasteiger partial charge in [0.05, 0.1) is 17.3 Å². The average Bonchev–Trinajstić information content (AvgIpc) is 3.45. The Morgan fingerprint density at radius 1 is 1.37 bits per heavy atom. The molecule has 2 aromatic rings. The first-order valence-corrected chi connectivity index (χ1v) is 13.1. The van der Waals surface area contributed by atoms with E-state index in [1.165, 1.54) is 24.9 Å². The molecule has 3 N–H and O–H groups in total. The van der Waals surface area contributed by atoms with E-state index in [4.69, 9.17) is 0 Å². The molecule has 2 aliphatic rings. The number of carbonyl (C=O) groups excluding carboxylic acids is 1. The summed E-state index contributed by atoms with van der Waals surface area (Å²) in [6.07, 6.45) is -0.0128. The van der Waals surface area contributed by atoms with Crippen LogP contribution in [0.25, 0.3) is 0 Å². The number of fused-ring (bicyclic) bond motifs is 1. The molecule has 0 aliphatic carbocycles. The number of thioether (sulfide) groups is 1. The largest absolute Gasteiger partial charge is 0.465 e. The number of aryl methyl sites for hydroxylation is 1. The van der Waals surface area contributed by atoms with Crippen molar-refractivity contribution in [3.63, 3.8) is 0 Å². The molecule has 1 saturated heterocycles. The van der Waals surface area contributed by atoms with Gasteiger partial charge in [-0.2, -0.15) is 5.26 Å². The number of amides is 2. The van der Waals surface area contributed by atoms with Gasteiger partial charge in [-0.15, -0.1) is 11.8 Å². The fourth-order valence-electron chi connectivity index (χ4n) is 3.78. The molecular weight excluding hydrogens is 494 g/mol. The Labute approximate surface area is 205 Å². The van der Waals surface area contributed by atoms with E-state index >= 15 is 0 Å². The standard InChI is InChI=1S/C21H21N7O5S2/c1-3-27-14-7-5-4-6-13(14)24-17(27)16(8-22)35(32,33)19-12(2)9-23-20(26-19)25-18(29)15-10-34-11-28(15)21(30)31/h4-7,9,15,24H,3,10-11H2,1-2H3,(H,30,31)(H,23,25,26,29)/b17-16-/t15-/m0/s1. The Kier molecular flexibility index (Phi) is 6.55. The van der Waals surface area contributed by atoms with Gasteiger partial charge in [0.2, 0.25) is 15.8 Å². The second-order valence-electron chi connectivity index (χ2n) is 7.62. The minimum absolute atomic E-state index is 0.111. The number of allylic oxidation sites excluding steroid dienone is 1. The van der Waals surface area contributed by atoms with Gasteiger partial charge in [0.25, 0.3) is 5.91 Å². The number of nitriles is 1. The summed E-state index contributed by atoms with van der Waals surface area (Å²) in [5.41, 5.74) is 1.58. The second-order valence-corrected chi connectivity index (χ2v) is 10.4. The zero-order valence-electron chi connectivity index (χ0n) is 18.7. The van der Waals surface area contributed by atoms with Crippen LogP contribution in [0.2, 0.25) is 0 Å². The molecule has 1 aromatic heterocycles. The molecule has 2 aliphatic heterocycles. The first-order chi connectivity index (χ1) is 16.7. The summed E-state index contributed by atoms with van der Waals surface area (Å²) in [5, 5.41) is 24.1. The summed E-state index contributed by atoms with van der Waals surface area (Å²) in [5.74, 6) is -0.476. The molecule has 35 heavy (non-hydrogen) atoms. The van der Waals surface area contributed by atoms with Crippen molar-refractivity contribution < 1.29 is 23.1 Å². The number of carboxylic acid groups (broad SMARTS) is 1. The molecular formula is C21H21N7O5S2. The first-order valence-electron chi connectivity index (χ1n) is 10.4. The van der Waals surface area contributed by atoms with E-state index in [-0.39, 0.29) is 29.0 Å². The Balaban J connectivity index is 1.70. The molecule has 182 valence electrons. The van der Waals surface area contributed by atoms with Crippen LogP contribution in [-0.2, 0) is 14.6 Å². The molecule has 0 unspecified atom stereocenters. The molecule has 0 radical (unpaired) electrons. The highest BCUT2D eigenvalue weighted by atomic mass is 32.2. The maximum atomic E-state index is 13.6. The fourth-order valence-corrected chi connectivity index (χ4v) is 6.34. The van der Waals surface area contributed by atoms with Gasteiger partial charge < -0.3 is 15.3 Å². The zero-order valence-corrected chi connectivity index (χ0v) is 20.4. The monoisotopic (exact) mass is 515 g/mol. The number of hydrogen-bond donors (Lipinski definition) is 3. The van der Waals surface area contributed by atoms with E-state index < -0.39 is 37.8 Å². The van der Waals surface area contributed by atoms with Crippen LogP contribution in [0.15, 0.2) is 46.2 Å². The SMILES string of the molecule is CCN1/C(=C(/C#N)S(=O)(=O)c2nc(NC(=O)[C@@H]3CSCN3C(=O)O)ncc2C)Nc2ccccc21. The van der Waals surface area contributed by atoms with Crippen LogP contribution in [-0.4, -0.2) is 64.6 Å². The van der Waals surface area contributed by atoms with Crippen molar-refractivity contribution >= 4 is 50.9 Å². The molecule has 4 rings (SSSR count). The number of hydrogen-bond acceptors (Lipinski definition) is 10. The predicted molar refractivity (Wildman–Crippen MR) is 129 cm³/mol. The Bertz CT molecular complexity index is 1390. The number of aromatic nitrogens is 2. The highest BCUT2D eigenvalue weighted by Gasteiger charge is 2.37. The topological polar surface area (TPSA) is 169 Å². The molecule has 2 amide bonds. The van der Waals surface area contributed by atoms with Crippen molar-refractivity contribution in [1.29, 1.82) is 5.26 Å². The van der Waals surface area contributed by atoms with E-state index in [0.717, 1.165) is 10.6 Å². The minimum Gasteiger partial charge on any atom is -0.465 e. The molecule has 1 atom stereocenters. The summed E-state index contributed by atoms with van der Waals surface area (Å²) in [6.45, 7) is 3.71. The van der Waals surface area contributed by atoms with E-state index in [2.05, 4.69) is 20.6 Å². The maximum absolute atomic E-state index is 13.6. The number of nitrogens with zero attached hydrogens (tertiary/aromatic N) is 5. The van der Waals surface area contributed by atoms with Crippen molar-refractivity contribution in [2.45, 2.75) is 24.9 Å². The second kappa shape index (κ2) is 9.43. The Morgan fingerprint density at radius 2 is 2.11 bits per heavy atom. The first kappa shape index (κ1) is 24.3. The minimum atomic E-state index is -4.42. The molecule has 0 saturated carbocycles. The normalized spacial score (nSPS) is 18.5. The fraction of sp³-hybridized carbons (Fsp3) is 0.286. The number of rotatable bonds is 5. The molecule has 14 heteroatoms. The quantitative estimate of drug-likeness (QED) is 0.394. The summed E-state index contributed by atoms with van der Waals surface area (Å²) < 4.78 is 27.2. The molecule has 3 heterocycles. The third-order valence-electron chi connectivity index (χ3n) is 5.46. The van der Waals surface area contributed by atoms with E-state index in [9.17, 15) is 28.4 Å². The highest BCUT2D eigenvalue weighted by Crippen LogP contribution is 2.38. The lowest BCUT2D eigenvalue weighted by atomic mass is 10.3. The summed E-state index contributed by atoms with van der Waals surface area (Å²) in [7, 11) is -4.42. The number of nitrogens with one attached hydrogen (secondary N) is 2. The number of para-hydroxylation sites is 2. The smallest absolute Gasteiger partial charge is 0.408 e. The summed E-state index contributed by atoms with van der Waals surface area (Å²) >= 11 is 1.28. The lowest BCUT2D eigenvalue weighted by molar-refractivity contribution is -0.119. The number of benzene rings is 1. The van der Waals surface area contributed by atoms with E-state index in [1.807, 2.05) is 19.1 Å². The average molecular weight is 516 g/mol. The van der Waals surface area contributed by atoms with Crippen LogP contribution in [0.5, 0.6) is 0 Å². The van der Waals surface area contributed by atoms with Gasteiger partial charge in [-0.1, -0.05) is 12.1 Å². The maximum Gasteiger partial charge on any atom is 0.408 e. The van der Waals surface area contributed by atoms with Crippen molar-refractivity contribution in [2.75, 3.05) is 33.7 Å². The van der Waals surface area contributed by atoms with Crippen LogP contribution in [0.1, 0.15) is 12.5 Å². The number of anilines is 3. The van der Waals surface area contributed by atoms with Crippen LogP contribution in [0, 0.1) is 18.3 Å². The van der Waals surface area contributed by atoms with Gasteiger partial charge in [0.1, 0.15) is 17.9 Å². The van der Waals surface area contributed by atoms with Crippen LogP contribution < -0.4 is 15.5 Å². The van der Waals surface area contributed by atoms with Gasteiger partial charge in [0, 0.05) is 24.1 Å². The Hall–Kier alpha value is -3.83. The van der Waals surface area contributed by atoms with E-state index in [1.54, 1.807) is 23.1 Å². The van der Waals surface area contributed by atoms with E-state index in [0.29, 0.717) is 12.2 Å². The molecule has 0 spiro atoms. The van der Waals surface area contributed by atoms with Crippen LogP contribution in [0.4, 0.5) is 22.1 Å². The van der Waals surface area contributed by atoms with Crippen LogP contribution >= 0.6 is 11.8 Å². The van der Waals surface area contributed by atoms with Crippen LogP contribution in [0.3, 0.4) is 0 Å². The number of sulfone groups is 1. The molecule has 12 nitrogen and oxygen atoms in total. The predicted octanol–water partition coefficient (Wildman–Crippen LogP) is 2.19. The van der Waals surface area contributed by atoms with Crippen molar-refractivity contribution in [3.8, 4) is 6.07 Å². The Morgan fingerprint density at radius 3 is 2.80 bits per heavy atom. The third-order valence-corrected chi connectivity index (χ3v) is 8.22.